The van der Waals surface area contributed by atoms with Crippen molar-refractivity contribution >= 4 is 10.9 Å². The number of aryl methyl sites for hydroxylation is 1. The van der Waals surface area contributed by atoms with Gasteiger partial charge in [0.2, 0.25) is 0 Å². The summed E-state index contributed by atoms with van der Waals surface area (Å²) in [4.78, 5) is 3.43. The van der Waals surface area contributed by atoms with Gasteiger partial charge in [-0.05, 0) is 56.4 Å². The van der Waals surface area contributed by atoms with E-state index in [1.54, 1.807) is 0 Å². The number of rotatable bonds is 1. The largest absolute Gasteiger partial charge is 0.357 e. The molecule has 3 rings (SSSR count). The van der Waals surface area contributed by atoms with Crippen LogP contribution in [0.3, 0.4) is 0 Å². The Balaban J connectivity index is 2.10. The lowest BCUT2D eigenvalue weighted by Crippen LogP contribution is -2.39. The average molecular weight is 239 g/mol. The molecule has 1 saturated heterocycles. The summed E-state index contributed by atoms with van der Waals surface area (Å²) >= 11 is 0. The van der Waals surface area contributed by atoms with Gasteiger partial charge in [0, 0.05) is 11.2 Å². The fraction of sp³-hybridized carbons (Fsp3) is 0.400. The molecule has 3 nitrogen and oxygen atoms in total. The lowest BCUT2D eigenvalue weighted by atomic mass is 9.77. The van der Waals surface area contributed by atoms with Gasteiger partial charge in [0.05, 0.1) is 11.5 Å². The molecule has 2 heterocycles. The molecule has 0 amide bonds. The molecule has 1 fully saturated rings. The minimum Gasteiger partial charge on any atom is -0.357 e. The summed E-state index contributed by atoms with van der Waals surface area (Å²) in [6.45, 7) is 3.93. The van der Waals surface area contributed by atoms with Crippen LogP contribution in [0.1, 0.15) is 24.1 Å². The van der Waals surface area contributed by atoms with Gasteiger partial charge in [0.1, 0.15) is 0 Å². The second kappa shape index (κ2) is 4.15. The van der Waals surface area contributed by atoms with Crippen molar-refractivity contribution in [3.8, 4) is 6.07 Å². The Morgan fingerprint density at radius 2 is 2.00 bits per heavy atom. The summed E-state index contributed by atoms with van der Waals surface area (Å²) in [6.07, 6.45) is 1.77. The number of nitriles is 1. The number of aromatic amines is 1. The molecule has 0 bridgehead atoms. The Labute approximate surface area is 107 Å². The van der Waals surface area contributed by atoms with E-state index >= 15 is 0 Å². The number of fused-ring (bicyclic) bond motifs is 1. The van der Waals surface area contributed by atoms with Gasteiger partial charge in [0.25, 0.3) is 0 Å². The van der Waals surface area contributed by atoms with Crippen molar-refractivity contribution in [2.45, 2.75) is 25.2 Å². The van der Waals surface area contributed by atoms with Gasteiger partial charge in [-0.2, -0.15) is 5.26 Å². The van der Waals surface area contributed by atoms with E-state index in [1.807, 2.05) is 0 Å². The highest BCUT2D eigenvalue weighted by Crippen LogP contribution is 2.34. The molecule has 18 heavy (non-hydrogen) atoms. The maximum absolute atomic E-state index is 9.58. The lowest BCUT2D eigenvalue weighted by Gasteiger charge is -2.30. The molecule has 0 aliphatic carbocycles. The fourth-order valence-electron chi connectivity index (χ4n) is 2.80. The number of nitrogens with one attached hydrogen (secondary N) is 2. The summed E-state index contributed by atoms with van der Waals surface area (Å²) in [6, 6.07) is 11.1. The van der Waals surface area contributed by atoms with Gasteiger partial charge in [-0.25, -0.2) is 0 Å². The standard InChI is InChI=1S/C15H17N3/c1-11-2-3-13-12(8-11)9-14(18-13)15(10-16)4-6-17-7-5-15/h2-3,8-9,17-18H,4-7H2,1H3. The van der Waals surface area contributed by atoms with Crippen LogP contribution in [0.25, 0.3) is 10.9 Å². The summed E-state index contributed by atoms with van der Waals surface area (Å²) in [5, 5.41) is 14.1. The summed E-state index contributed by atoms with van der Waals surface area (Å²) in [5.74, 6) is 0. The number of hydrogen-bond acceptors (Lipinski definition) is 2. The molecule has 1 aliphatic heterocycles. The van der Waals surface area contributed by atoms with Gasteiger partial charge in [-0.15, -0.1) is 0 Å². The Hall–Kier alpha value is -1.79. The van der Waals surface area contributed by atoms with Crippen LogP contribution in [-0.4, -0.2) is 18.1 Å². The first-order chi connectivity index (χ1) is 8.73. The lowest BCUT2D eigenvalue weighted by molar-refractivity contribution is 0.376. The minimum atomic E-state index is -0.335. The van der Waals surface area contributed by atoms with Gasteiger partial charge in [-0.3, -0.25) is 0 Å². The number of benzene rings is 1. The molecule has 2 N–H and O–H groups in total. The van der Waals surface area contributed by atoms with E-state index in [1.165, 1.54) is 10.9 Å². The van der Waals surface area contributed by atoms with Crippen LogP contribution in [0.5, 0.6) is 0 Å². The van der Waals surface area contributed by atoms with Crippen LogP contribution >= 0.6 is 0 Å². The van der Waals surface area contributed by atoms with Gasteiger partial charge in [0.15, 0.2) is 0 Å². The second-order valence-electron chi connectivity index (χ2n) is 5.22. The van der Waals surface area contributed by atoms with Crippen LogP contribution in [0, 0.1) is 18.3 Å². The van der Waals surface area contributed by atoms with Crippen molar-refractivity contribution < 1.29 is 0 Å². The van der Waals surface area contributed by atoms with Gasteiger partial charge in [-0.1, -0.05) is 11.6 Å². The van der Waals surface area contributed by atoms with E-state index in [0.717, 1.165) is 37.1 Å². The molecule has 0 spiro atoms. The second-order valence-corrected chi connectivity index (χ2v) is 5.22. The minimum absolute atomic E-state index is 0.335. The number of hydrogen-bond donors (Lipinski definition) is 2. The number of piperidine rings is 1. The predicted octanol–water partition coefficient (Wildman–Crippen LogP) is 2.62. The SMILES string of the molecule is Cc1ccc2[nH]c(C3(C#N)CCNCC3)cc2c1. The summed E-state index contributed by atoms with van der Waals surface area (Å²) < 4.78 is 0. The zero-order valence-electron chi connectivity index (χ0n) is 10.6. The highest BCUT2D eigenvalue weighted by atomic mass is 14.9. The van der Waals surface area contributed by atoms with E-state index < -0.39 is 0 Å². The van der Waals surface area contributed by atoms with Crippen molar-refractivity contribution in [2.75, 3.05) is 13.1 Å². The highest BCUT2D eigenvalue weighted by molar-refractivity contribution is 5.81. The third-order valence-corrected chi connectivity index (χ3v) is 3.96. The third-order valence-electron chi connectivity index (χ3n) is 3.96. The summed E-state index contributed by atoms with van der Waals surface area (Å²) in [7, 11) is 0. The smallest absolute Gasteiger partial charge is 0.0995 e. The molecule has 0 atom stereocenters. The number of aromatic nitrogens is 1. The number of nitrogens with zero attached hydrogens (tertiary/aromatic N) is 1. The average Bonchev–Trinajstić information content (AvgIpc) is 2.83. The van der Waals surface area contributed by atoms with Crippen molar-refractivity contribution in [3.05, 3.63) is 35.5 Å². The van der Waals surface area contributed by atoms with E-state index in [-0.39, 0.29) is 5.41 Å². The Morgan fingerprint density at radius 3 is 2.72 bits per heavy atom. The molecule has 3 heteroatoms. The maximum Gasteiger partial charge on any atom is 0.0995 e. The first kappa shape index (κ1) is 11.3. The van der Waals surface area contributed by atoms with Gasteiger partial charge >= 0.3 is 0 Å². The monoisotopic (exact) mass is 239 g/mol. The molecule has 1 aromatic carbocycles. The summed E-state index contributed by atoms with van der Waals surface area (Å²) in [5.41, 5.74) is 3.12. The number of H-pyrrole nitrogens is 1. The van der Waals surface area contributed by atoms with Crippen molar-refractivity contribution in [2.24, 2.45) is 0 Å². The third kappa shape index (κ3) is 1.70. The molecule has 0 saturated carbocycles. The van der Waals surface area contributed by atoms with Crippen molar-refractivity contribution in [1.82, 2.24) is 10.3 Å². The molecular weight excluding hydrogens is 222 g/mol. The molecule has 92 valence electrons. The normalized spacial score (nSPS) is 18.7. The zero-order chi connectivity index (χ0) is 12.6. The van der Waals surface area contributed by atoms with E-state index in [2.05, 4.69) is 47.6 Å². The first-order valence-corrected chi connectivity index (χ1v) is 6.45. The Morgan fingerprint density at radius 1 is 1.22 bits per heavy atom. The van der Waals surface area contributed by atoms with Crippen LogP contribution in [-0.2, 0) is 5.41 Å². The molecule has 2 aromatic rings. The molecule has 1 aliphatic rings. The van der Waals surface area contributed by atoms with Crippen LogP contribution in [0.4, 0.5) is 0 Å². The van der Waals surface area contributed by atoms with E-state index in [4.69, 9.17) is 0 Å². The van der Waals surface area contributed by atoms with Crippen molar-refractivity contribution in [3.63, 3.8) is 0 Å². The molecule has 0 radical (unpaired) electrons. The topological polar surface area (TPSA) is 51.6 Å². The van der Waals surface area contributed by atoms with Crippen LogP contribution in [0.2, 0.25) is 0 Å². The van der Waals surface area contributed by atoms with Crippen molar-refractivity contribution in [1.29, 1.82) is 5.26 Å². The first-order valence-electron chi connectivity index (χ1n) is 6.45. The van der Waals surface area contributed by atoms with E-state index in [0.29, 0.717) is 0 Å². The maximum atomic E-state index is 9.58. The van der Waals surface area contributed by atoms with Gasteiger partial charge < -0.3 is 10.3 Å². The molecule has 0 unspecified atom stereocenters. The van der Waals surface area contributed by atoms with Crippen LogP contribution < -0.4 is 5.32 Å². The van der Waals surface area contributed by atoms with Crippen LogP contribution in [0.15, 0.2) is 24.3 Å². The molecular formula is C15H17N3. The highest BCUT2D eigenvalue weighted by Gasteiger charge is 2.35. The Bertz CT molecular complexity index is 612. The zero-order valence-corrected chi connectivity index (χ0v) is 10.6. The molecule has 1 aromatic heterocycles. The van der Waals surface area contributed by atoms with E-state index in [9.17, 15) is 5.26 Å². The predicted molar refractivity (Wildman–Crippen MR) is 72.4 cm³/mol. The quantitative estimate of drug-likeness (QED) is 0.803. The fourth-order valence-corrected chi connectivity index (χ4v) is 2.80. The Kier molecular flexibility index (Phi) is 2.61.